The van der Waals surface area contributed by atoms with Crippen LogP contribution in [0.5, 0.6) is 0 Å². The number of hydrogen-bond donors (Lipinski definition) is 2. The molecule has 31 heavy (non-hydrogen) atoms. The minimum absolute atomic E-state index is 0.576. The van der Waals surface area contributed by atoms with Crippen LogP contribution < -0.4 is 10.6 Å². The third kappa shape index (κ3) is 11.0. The Morgan fingerprint density at radius 1 is 0.774 bits per heavy atom. The lowest BCUT2D eigenvalue weighted by atomic mass is 10.1. The van der Waals surface area contributed by atoms with E-state index in [1.54, 1.807) is 7.05 Å². The third-order valence-corrected chi connectivity index (χ3v) is 4.71. The summed E-state index contributed by atoms with van der Waals surface area (Å²) in [5, 5.41) is 6.64. The fraction of sp³-hybridized carbons (Fsp3) is 0.480. The lowest BCUT2D eigenvalue weighted by molar-refractivity contribution is 0.0487. The standard InChI is InChI=1S/C25H37N3O3/c1-3-4-15-29-17-18-30-16-14-27-25(26-2)28-19-23-12-8-9-13-24(23)21-31-20-22-10-6-5-7-11-22/h5-13H,3-4,14-21H2,1-2H3,(H2,26,27,28). The molecule has 0 aliphatic heterocycles. The largest absolute Gasteiger partial charge is 0.379 e. The average Bonchev–Trinajstić information content (AvgIpc) is 2.81. The fourth-order valence-corrected chi connectivity index (χ4v) is 2.93. The van der Waals surface area contributed by atoms with E-state index in [4.69, 9.17) is 14.2 Å². The summed E-state index contributed by atoms with van der Waals surface area (Å²) < 4.78 is 17.0. The van der Waals surface area contributed by atoms with Gasteiger partial charge in [0.25, 0.3) is 0 Å². The number of nitrogens with zero attached hydrogens (tertiary/aromatic N) is 1. The quantitative estimate of drug-likeness (QED) is 0.256. The zero-order valence-electron chi connectivity index (χ0n) is 18.9. The first-order chi connectivity index (χ1) is 15.3. The van der Waals surface area contributed by atoms with Crippen LogP contribution in [-0.2, 0) is 34.0 Å². The summed E-state index contributed by atoms with van der Waals surface area (Å²) in [6.07, 6.45) is 2.26. The minimum Gasteiger partial charge on any atom is -0.379 e. The molecule has 0 atom stereocenters. The van der Waals surface area contributed by atoms with E-state index in [0.717, 1.165) is 25.4 Å². The molecule has 0 heterocycles. The van der Waals surface area contributed by atoms with E-state index in [0.29, 0.717) is 46.1 Å². The highest BCUT2D eigenvalue weighted by atomic mass is 16.5. The average molecular weight is 428 g/mol. The highest BCUT2D eigenvalue weighted by Gasteiger charge is 2.04. The summed E-state index contributed by atoms with van der Waals surface area (Å²) in [6, 6.07) is 18.5. The maximum Gasteiger partial charge on any atom is 0.191 e. The molecule has 2 N–H and O–H groups in total. The van der Waals surface area contributed by atoms with Crippen molar-refractivity contribution in [2.24, 2.45) is 4.99 Å². The minimum atomic E-state index is 0.576. The number of unbranched alkanes of at least 4 members (excludes halogenated alkanes) is 1. The fourth-order valence-electron chi connectivity index (χ4n) is 2.93. The molecular formula is C25H37N3O3. The lowest BCUT2D eigenvalue weighted by Gasteiger charge is -2.15. The summed E-state index contributed by atoms with van der Waals surface area (Å²) in [5.41, 5.74) is 3.55. The van der Waals surface area contributed by atoms with Crippen LogP contribution in [0.25, 0.3) is 0 Å². The van der Waals surface area contributed by atoms with Crippen LogP contribution in [0.3, 0.4) is 0 Å². The summed E-state index contributed by atoms with van der Waals surface area (Å²) in [4.78, 5) is 4.29. The first kappa shape index (κ1) is 24.9. The molecule has 170 valence electrons. The third-order valence-electron chi connectivity index (χ3n) is 4.71. The SMILES string of the molecule is CCCCOCCOCCNC(=NC)NCc1ccccc1COCc1ccccc1. The van der Waals surface area contributed by atoms with E-state index >= 15 is 0 Å². The maximum absolute atomic E-state index is 5.91. The first-order valence-corrected chi connectivity index (χ1v) is 11.1. The molecule has 6 nitrogen and oxygen atoms in total. The smallest absolute Gasteiger partial charge is 0.191 e. The van der Waals surface area contributed by atoms with Crippen LogP contribution in [0.1, 0.15) is 36.5 Å². The van der Waals surface area contributed by atoms with Crippen molar-refractivity contribution in [2.75, 3.05) is 40.0 Å². The van der Waals surface area contributed by atoms with Crippen molar-refractivity contribution in [1.29, 1.82) is 0 Å². The van der Waals surface area contributed by atoms with E-state index in [1.165, 1.54) is 16.7 Å². The number of nitrogens with one attached hydrogen (secondary N) is 2. The van der Waals surface area contributed by atoms with Crippen molar-refractivity contribution >= 4 is 5.96 Å². The number of guanidine groups is 1. The Labute approximate surface area is 187 Å². The van der Waals surface area contributed by atoms with Gasteiger partial charge < -0.3 is 24.8 Å². The highest BCUT2D eigenvalue weighted by molar-refractivity contribution is 5.79. The molecule has 0 aromatic heterocycles. The summed E-state index contributed by atoms with van der Waals surface area (Å²) in [7, 11) is 1.77. The van der Waals surface area contributed by atoms with Crippen LogP contribution >= 0.6 is 0 Å². The van der Waals surface area contributed by atoms with Gasteiger partial charge in [-0.1, -0.05) is 67.9 Å². The van der Waals surface area contributed by atoms with Gasteiger partial charge in [-0.25, -0.2) is 0 Å². The number of rotatable bonds is 15. The van der Waals surface area contributed by atoms with Gasteiger partial charge in [0.05, 0.1) is 33.0 Å². The molecule has 2 rings (SSSR count). The van der Waals surface area contributed by atoms with Gasteiger partial charge in [-0.15, -0.1) is 0 Å². The molecule has 0 aliphatic rings. The monoisotopic (exact) mass is 427 g/mol. The van der Waals surface area contributed by atoms with E-state index in [1.807, 2.05) is 30.3 Å². The molecule has 0 spiro atoms. The second-order valence-electron chi connectivity index (χ2n) is 7.18. The van der Waals surface area contributed by atoms with Crippen molar-refractivity contribution in [3.05, 3.63) is 71.3 Å². The van der Waals surface area contributed by atoms with Gasteiger partial charge in [0, 0.05) is 26.7 Å². The number of benzene rings is 2. The molecular weight excluding hydrogens is 390 g/mol. The Balaban J connectivity index is 1.65. The molecule has 0 saturated heterocycles. The van der Waals surface area contributed by atoms with Crippen molar-refractivity contribution in [3.8, 4) is 0 Å². The molecule has 6 heteroatoms. The first-order valence-electron chi connectivity index (χ1n) is 11.1. The Bertz CT molecular complexity index is 738. The van der Waals surface area contributed by atoms with Crippen molar-refractivity contribution < 1.29 is 14.2 Å². The molecule has 0 bridgehead atoms. The second-order valence-corrected chi connectivity index (χ2v) is 7.18. The topological polar surface area (TPSA) is 64.1 Å². The predicted molar refractivity (Wildman–Crippen MR) is 126 cm³/mol. The molecule has 2 aromatic rings. The zero-order valence-corrected chi connectivity index (χ0v) is 18.9. The Kier molecular flexibility index (Phi) is 13.1. The highest BCUT2D eigenvalue weighted by Crippen LogP contribution is 2.11. The van der Waals surface area contributed by atoms with Gasteiger partial charge in [-0.3, -0.25) is 4.99 Å². The van der Waals surface area contributed by atoms with Gasteiger partial charge in [0.15, 0.2) is 5.96 Å². The molecule has 2 aromatic carbocycles. The lowest BCUT2D eigenvalue weighted by Crippen LogP contribution is -2.38. The zero-order chi connectivity index (χ0) is 22.0. The van der Waals surface area contributed by atoms with Crippen LogP contribution in [0, 0.1) is 0 Å². The molecule has 0 fully saturated rings. The Morgan fingerprint density at radius 2 is 1.48 bits per heavy atom. The van der Waals surface area contributed by atoms with Gasteiger partial charge in [-0.05, 0) is 23.1 Å². The van der Waals surface area contributed by atoms with Crippen LogP contribution in [0.15, 0.2) is 59.6 Å². The van der Waals surface area contributed by atoms with Gasteiger partial charge in [-0.2, -0.15) is 0 Å². The summed E-state index contributed by atoms with van der Waals surface area (Å²) >= 11 is 0. The second kappa shape index (κ2) is 16.3. The van der Waals surface area contributed by atoms with Gasteiger partial charge in [0.2, 0.25) is 0 Å². The van der Waals surface area contributed by atoms with E-state index in [2.05, 4.69) is 46.8 Å². The van der Waals surface area contributed by atoms with E-state index in [9.17, 15) is 0 Å². The normalized spacial score (nSPS) is 11.5. The van der Waals surface area contributed by atoms with Crippen molar-refractivity contribution in [3.63, 3.8) is 0 Å². The molecule has 0 aliphatic carbocycles. The molecule has 0 amide bonds. The van der Waals surface area contributed by atoms with Crippen LogP contribution in [0.4, 0.5) is 0 Å². The van der Waals surface area contributed by atoms with Crippen LogP contribution in [-0.4, -0.2) is 46.0 Å². The molecule has 0 unspecified atom stereocenters. The number of ether oxygens (including phenoxy) is 3. The molecule has 0 saturated carbocycles. The van der Waals surface area contributed by atoms with Crippen molar-refractivity contribution in [2.45, 2.75) is 39.5 Å². The van der Waals surface area contributed by atoms with Crippen LogP contribution in [0.2, 0.25) is 0 Å². The molecule has 0 radical (unpaired) electrons. The van der Waals surface area contributed by atoms with Gasteiger partial charge in [0.1, 0.15) is 0 Å². The number of aliphatic imine (C=N–C) groups is 1. The van der Waals surface area contributed by atoms with Gasteiger partial charge >= 0.3 is 0 Å². The van der Waals surface area contributed by atoms with Crippen molar-refractivity contribution in [1.82, 2.24) is 10.6 Å². The predicted octanol–water partition coefficient (Wildman–Crippen LogP) is 3.90. The maximum atomic E-state index is 5.91. The number of hydrogen-bond acceptors (Lipinski definition) is 4. The van der Waals surface area contributed by atoms with E-state index in [-0.39, 0.29) is 0 Å². The van der Waals surface area contributed by atoms with E-state index < -0.39 is 0 Å². The Hall–Kier alpha value is -2.41. The Morgan fingerprint density at radius 3 is 2.23 bits per heavy atom. The summed E-state index contributed by atoms with van der Waals surface area (Å²) in [5.74, 6) is 0.753. The summed E-state index contributed by atoms with van der Waals surface area (Å²) in [6.45, 7) is 7.40.